The largest absolute Gasteiger partial charge is 0.355 e. The molecular weight excluding hydrogens is 385 g/mol. The van der Waals surface area contributed by atoms with Gasteiger partial charge in [0.15, 0.2) is 17.0 Å². The van der Waals surface area contributed by atoms with Gasteiger partial charge in [-0.15, -0.1) is 24.8 Å². The summed E-state index contributed by atoms with van der Waals surface area (Å²) in [5, 5.41) is 3.56. The molecule has 0 unspecified atom stereocenters. The van der Waals surface area contributed by atoms with Crippen LogP contribution in [0.3, 0.4) is 0 Å². The molecular formula is C18H31Cl2N7. The molecule has 0 amide bonds. The minimum absolute atomic E-state index is 0. The van der Waals surface area contributed by atoms with Crippen LogP contribution in [-0.2, 0) is 6.54 Å². The number of nitrogens with zero attached hydrogens (tertiary/aromatic N) is 5. The molecule has 152 valence electrons. The molecule has 0 atom stereocenters. The van der Waals surface area contributed by atoms with E-state index in [-0.39, 0.29) is 24.8 Å². The Balaban J connectivity index is 0.00000131. The second-order valence-electron chi connectivity index (χ2n) is 7.58. The van der Waals surface area contributed by atoms with Gasteiger partial charge in [0.05, 0.1) is 6.33 Å². The van der Waals surface area contributed by atoms with E-state index in [0.29, 0.717) is 18.1 Å². The van der Waals surface area contributed by atoms with Gasteiger partial charge in [-0.1, -0.05) is 6.92 Å². The summed E-state index contributed by atoms with van der Waals surface area (Å²) >= 11 is 0. The summed E-state index contributed by atoms with van der Waals surface area (Å²) in [5.41, 5.74) is 7.89. The van der Waals surface area contributed by atoms with Crippen molar-refractivity contribution in [1.29, 1.82) is 0 Å². The quantitative estimate of drug-likeness (QED) is 0.751. The van der Waals surface area contributed by atoms with Gasteiger partial charge in [0.2, 0.25) is 5.95 Å². The van der Waals surface area contributed by atoms with Crippen LogP contribution in [0.4, 0.5) is 11.8 Å². The van der Waals surface area contributed by atoms with Gasteiger partial charge in [-0.3, -0.25) is 0 Å². The zero-order valence-electron chi connectivity index (χ0n) is 16.1. The fraction of sp³-hybridized carbons (Fsp3) is 0.722. The second-order valence-corrected chi connectivity index (χ2v) is 7.58. The molecule has 2 aliphatic carbocycles. The van der Waals surface area contributed by atoms with Crippen LogP contribution < -0.4 is 16.0 Å². The number of hydrogen-bond acceptors (Lipinski definition) is 6. The summed E-state index contributed by atoms with van der Waals surface area (Å²) in [6.45, 7) is 3.10. The number of nitrogens with one attached hydrogen (secondary N) is 1. The number of nitrogens with two attached hydrogens (primary N) is 1. The zero-order chi connectivity index (χ0) is 17.4. The van der Waals surface area contributed by atoms with Crippen LogP contribution in [0, 0.1) is 0 Å². The van der Waals surface area contributed by atoms with E-state index in [1.54, 1.807) is 0 Å². The number of imidazole rings is 1. The van der Waals surface area contributed by atoms with Gasteiger partial charge in [0.25, 0.3) is 0 Å². The van der Waals surface area contributed by atoms with E-state index in [1.807, 2.05) is 6.33 Å². The third-order valence-electron chi connectivity index (χ3n) is 5.44. The molecule has 2 aromatic rings. The molecule has 27 heavy (non-hydrogen) atoms. The van der Waals surface area contributed by atoms with Gasteiger partial charge in [0, 0.05) is 31.7 Å². The van der Waals surface area contributed by atoms with Crippen molar-refractivity contribution in [2.75, 3.05) is 17.3 Å². The Morgan fingerprint density at radius 1 is 1.15 bits per heavy atom. The molecule has 2 saturated carbocycles. The molecule has 2 heterocycles. The summed E-state index contributed by atoms with van der Waals surface area (Å²) in [7, 11) is 2.13. The van der Waals surface area contributed by atoms with Crippen LogP contribution in [0.25, 0.3) is 11.2 Å². The number of aromatic nitrogens is 4. The minimum atomic E-state index is 0. The van der Waals surface area contributed by atoms with Gasteiger partial charge >= 0.3 is 0 Å². The molecule has 0 saturated heterocycles. The van der Waals surface area contributed by atoms with Gasteiger partial charge in [0.1, 0.15) is 0 Å². The number of fused-ring (bicyclic) bond motifs is 1. The highest BCUT2D eigenvalue weighted by Crippen LogP contribution is 2.33. The lowest BCUT2D eigenvalue weighted by molar-refractivity contribution is 0.410. The van der Waals surface area contributed by atoms with Crippen molar-refractivity contribution in [1.82, 2.24) is 19.5 Å². The molecule has 2 aliphatic rings. The highest BCUT2D eigenvalue weighted by atomic mass is 35.5. The van der Waals surface area contributed by atoms with E-state index < -0.39 is 0 Å². The minimum Gasteiger partial charge on any atom is -0.355 e. The summed E-state index contributed by atoms with van der Waals surface area (Å²) in [5.74, 6) is 1.69. The van der Waals surface area contributed by atoms with Crippen molar-refractivity contribution < 1.29 is 0 Å². The molecule has 9 heteroatoms. The zero-order valence-corrected chi connectivity index (χ0v) is 17.7. The van der Waals surface area contributed by atoms with Gasteiger partial charge in [-0.2, -0.15) is 9.97 Å². The van der Waals surface area contributed by atoms with Gasteiger partial charge < -0.3 is 20.5 Å². The average molecular weight is 416 g/mol. The first kappa shape index (κ1) is 22.0. The Kier molecular flexibility index (Phi) is 7.54. The van der Waals surface area contributed by atoms with Crippen molar-refractivity contribution in [2.45, 2.75) is 76.5 Å². The maximum absolute atomic E-state index is 6.03. The van der Waals surface area contributed by atoms with Crippen LogP contribution >= 0.6 is 24.8 Å². The Morgan fingerprint density at radius 2 is 1.85 bits per heavy atom. The molecule has 3 N–H and O–H groups in total. The van der Waals surface area contributed by atoms with Crippen LogP contribution in [0.2, 0.25) is 0 Å². The summed E-state index contributed by atoms with van der Waals surface area (Å²) in [6.07, 6.45) is 9.76. The predicted octanol–water partition coefficient (Wildman–Crippen LogP) is 3.36. The number of halogens is 2. The van der Waals surface area contributed by atoms with Crippen LogP contribution in [0.1, 0.15) is 51.9 Å². The monoisotopic (exact) mass is 415 g/mol. The summed E-state index contributed by atoms with van der Waals surface area (Å²) in [4.78, 5) is 16.5. The predicted molar refractivity (Wildman–Crippen MR) is 115 cm³/mol. The molecule has 0 radical (unpaired) electrons. The lowest BCUT2D eigenvalue weighted by Crippen LogP contribution is -2.33. The number of aryl methyl sites for hydroxylation is 1. The first-order valence-electron chi connectivity index (χ1n) is 9.63. The Hall–Kier alpha value is -1.31. The van der Waals surface area contributed by atoms with E-state index in [0.717, 1.165) is 61.6 Å². The number of hydrogen-bond donors (Lipinski definition) is 2. The highest BCUT2D eigenvalue weighted by Gasteiger charge is 2.30. The first-order chi connectivity index (χ1) is 12.2. The van der Waals surface area contributed by atoms with E-state index in [9.17, 15) is 0 Å². The fourth-order valence-electron chi connectivity index (χ4n) is 3.73. The van der Waals surface area contributed by atoms with Crippen molar-refractivity contribution in [2.24, 2.45) is 5.73 Å². The Labute approximate surface area is 173 Å². The van der Waals surface area contributed by atoms with E-state index in [2.05, 4.69) is 33.7 Å². The van der Waals surface area contributed by atoms with Crippen LogP contribution in [-0.4, -0.2) is 44.7 Å². The lowest BCUT2D eigenvalue weighted by atomic mass is 9.92. The van der Waals surface area contributed by atoms with E-state index in [1.165, 1.54) is 12.8 Å². The standard InChI is InChI=1S/C18H29N7.2ClH/c1-3-10-25-11-20-15-16(24(2)14-8-9-14)22-18(23-17(15)25)21-13-6-4-12(19)5-7-13;;/h11-14H,3-10,19H2,1-2H3,(H,21,22,23);2*1H. The smallest absolute Gasteiger partial charge is 0.227 e. The van der Waals surface area contributed by atoms with Crippen LogP contribution in [0.15, 0.2) is 6.33 Å². The molecule has 2 fully saturated rings. The lowest BCUT2D eigenvalue weighted by Gasteiger charge is -2.27. The average Bonchev–Trinajstić information content (AvgIpc) is 3.39. The van der Waals surface area contributed by atoms with Gasteiger partial charge in [-0.25, -0.2) is 4.98 Å². The summed E-state index contributed by atoms with van der Waals surface area (Å²) in [6, 6.07) is 1.36. The highest BCUT2D eigenvalue weighted by molar-refractivity contribution is 5.86. The molecule has 0 spiro atoms. The third kappa shape index (κ3) is 4.76. The second kappa shape index (κ2) is 9.26. The van der Waals surface area contributed by atoms with E-state index >= 15 is 0 Å². The topological polar surface area (TPSA) is 84.9 Å². The SMILES string of the molecule is CCCn1cnc2c(N(C)C3CC3)nc(NC3CCC(N)CC3)nc21.Cl.Cl. The molecule has 4 rings (SSSR count). The van der Waals surface area contributed by atoms with Gasteiger partial charge in [-0.05, 0) is 44.9 Å². The Morgan fingerprint density at radius 3 is 2.48 bits per heavy atom. The normalized spacial score (nSPS) is 22.0. The first-order valence-corrected chi connectivity index (χ1v) is 9.63. The maximum Gasteiger partial charge on any atom is 0.227 e. The molecule has 7 nitrogen and oxygen atoms in total. The Bertz CT molecular complexity index is 739. The van der Waals surface area contributed by atoms with Crippen molar-refractivity contribution >= 4 is 47.7 Å². The van der Waals surface area contributed by atoms with Crippen molar-refractivity contribution in [3.8, 4) is 0 Å². The molecule has 0 aromatic carbocycles. The molecule has 2 aromatic heterocycles. The van der Waals surface area contributed by atoms with E-state index in [4.69, 9.17) is 15.7 Å². The van der Waals surface area contributed by atoms with Crippen LogP contribution in [0.5, 0.6) is 0 Å². The van der Waals surface area contributed by atoms with Crippen molar-refractivity contribution in [3.63, 3.8) is 0 Å². The number of anilines is 2. The third-order valence-corrected chi connectivity index (χ3v) is 5.44. The maximum atomic E-state index is 6.03. The summed E-state index contributed by atoms with van der Waals surface area (Å²) < 4.78 is 2.14. The van der Waals surface area contributed by atoms with Crippen molar-refractivity contribution in [3.05, 3.63) is 6.33 Å². The number of rotatable bonds is 6. The molecule has 0 bridgehead atoms. The fourth-order valence-corrected chi connectivity index (χ4v) is 3.73. The molecule has 0 aliphatic heterocycles.